The minimum Gasteiger partial charge on any atom is -0.494 e. The lowest BCUT2D eigenvalue weighted by Gasteiger charge is -2.16. The van der Waals surface area contributed by atoms with Gasteiger partial charge in [-0.05, 0) is 6.42 Å². The Hall–Kier alpha value is -1.23. The summed E-state index contributed by atoms with van der Waals surface area (Å²) >= 11 is 0. The predicted octanol–water partition coefficient (Wildman–Crippen LogP) is 0.152. The molecule has 1 aliphatic heterocycles. The SMILES string of the molecule is CCCC(O)CNC(=O)C1=COCCO1. The minimum absolute atomic E-state index is 0.171. The maximum Gasteiger partial charge on any atom is 0.289 e. The molecule has 0 aromatic heterocycles. The zero-order chi connectivity index (χ0) is 11.1. The van der Waals surface area contributed by atoms with E-state index < -0.39 is 6.10 Å². The average Bonchev–Trinajstić information content (AvgIpc) is 2.27. The van der Waals surface area contributed by atoms with E-state index in [0.717, 1.165) is 6.42 Å². The second-order valence-electron chi connectivity index (χ2n) is 3.35. The van der Waals surface area contributed by atoms with Gasteiger partial charge in [-0.15, -0.1) is 0 Å². The second kappa shape index (κ2) is 6.29. The van der Waals surface area contributed by atoms with Crippen LogP contribution in [0.2, 0.25) is 0 Å². The fourth-order valence-corrected chi connectivity index (χ4v) is 1.22. The molecule has 0 aromatic rings. The van der Waals surface area contributed by atoms with Crippen LogP contribution in [0.1, 0.15) is 19.8 Å². The summed E-state index contributed by atoms with van der Waals surface area (Å²) in [5.74, 6) is -0.171. The number of aliphatic hydroxyl groups excluding tert-OH is 1. The summed E-state index contributed by atoms with van der Waals surface area (Å²) in [5.41, 5.74) is 0. The smallest absolute Gasteiger partial charge is 0.289 e. The van der Waals surface area contributed by atoms with Crippen LogP contribution in [0.5, 0.6) is 0 Å². The van der Waals surface area contributed by atoms with Gasteiger partial charge in [0.15, 0.2) is 0 Å². The van der Waals surface area contributed by atoms with Crippen molar-refractivity contribution in [3.8, 4) is 0 Å². The molecule has 15 heavy (non-hydrogen) atoms. The first-order valence-corrected chi connectivity index (χ1v) is 5.15. The Labute approximate surface area is 89.1 Å². The van der Waals surface area contributed by atoms with Crippen LogP contribution in [-0.2, 0) is 14.3 Å². The fraction of sp³-hybridized carbons (Fsp3) is 0.700. The molecule has 1 rings (SSSR count). The summed E-state index contributed by atoms with van der Waals surface area (Å²) in [5, 5.41) is 12.0. The second-order valence-corrected chi connectivity index (χ2v) is 3.35. The minimum atomic E-state index is -0.496. The normalized spacial score (nSPS) is 17.1. The molecule has 2 N–H and O–H groups in total. The fourth-order valence-electron chi connectivity index (χ4n) is 1.22. The predicted molar refractivity (Wildman–Crippen MR) is 53.9 cm³/mol. The molecular formula is C10H17NO4. The van der Waals surface area contributed by atoms with Crippen LogP contribution in [0.3, 0.4) is 0 Å². The Morgan fingerprint density at radius 2 is 2.47 bits per heavy atom. The van der Waals surface area contributed by atoms with E-state index in [2.05, 4.69) is 5.32 Å². The van der Waals surface area contributed by atoms with Crippen molar-refractivity contribution in [2.24, 2.45) is 0 Å². The van der Waals surface area contributed by atoms with E-state index in [9.17, 15) is 9.90 Å². The van der Waals surface area contributed by atoms with Gasteiger partial charge in [-0.25, -0.2) is 0 Å². The van der Waals surface area contributed by atoms with Crippen LogP contribution in [0.4, 0.5) is 0 Å². The lowest BCUT2D eigenvalue weighted by atomic mass is 10.2. The van der Waals surface area contributed by atoms with Crippen LogP contribution in [0.25, 0.3) is 0 Å². The average molecular weight is 215 g/mol. The summed E-state index contributed by atoms with van der Waals surface area (Å²) in [7, 11) is 0. The molecule has 0 fully saturated rings. The molecule has 1 aliphatic rings. The zero-order valence-corrected chi connectivity index (χ0v) is 8.86. The largest absolute Gasteiger partial charge is 0.494 e. The molecule has 0 saturated heterocycles. The Bertz CT molecular complexity index is 240. The number of hydrogen-bond donors (Lipinski definition) is 2. The molecule has 1 heterocycles. The maximum absolute atomic E-state index is 11.4. The van der Waals surface area contributed by atoms with Gasteiger partial charge in [0.05, 0.1) is 6.10 Å². The van der Waals surface area contributed by atoms with Crippen molar-refractivity contribution in [2.45, 2.75) is 25.9 Å². The molecule has 0 spiro atoms. The van der Waals surface area contributed by atoms with Crippen molar-refractivity contribution in [1.82, 2.24) is 5.32 Å². The highest BCUT2D eigenvalue weighted by Gasteiger charge is 2.15. The monoisotopic (exact) mass is 215 g/mol. The van der Waals surface area contributed by atoms with Crippen molar-refractivity contribution in [2.75, 3.05) is 19.8 Å². The number of hydrogen-bond acceptors (Lipinski definition) is 4. The highest BCUT2D eigenvalue weighted by atomic mass is 16.6. The molecule has 0 radical (unpaired) electrons. The van der Waals surface area contributed by atoms with Gasteiger partial charge in [0, 0.05) is 6.54 Å². The molecule has 1 atom stereocenters. The van der Waals surface area contributed by atoms with E-state index in [0.29, 0.717) is 19.6 Å². The van der Waals surface area contributed by atoms with Crippen LogP contribution in [0, 0.1) is 0 Å². The van der Waals surface area contributed by atoms with Gasteiger partial charge in [0.2, 0.25) is 5.76 Å². The van der Waals surface area contributed by atoms with Gasteiger partial charge < -0.3 is 19.9 Å². The molecule has 1 amide bonds. The highest BCUT2D eigenvalue weighted by molar-refractivity contribution is 5.91. The lowest BCUT2D eigenvalue weighted by molar-refractivity contribution is -0.122. The quantitative estimate of drug-likeness (QED) is 0.685. The van der Waals surface area contributed by atoms with E-state index in [1.165, 1.54) is 6.26 Å². The van der Waals surface area contributed by atoms with Gasteiger partial charge >= 0.3 is 0 Å². The molecule has 1 unspecified atom stereocenters. The van der Waals surface area contributed by atoms with Crippen LogP contribution in [0.15, 0.2) is 12.0 Å². The molecule has 0 bridgehead atoms. The van der Waals surface area contributed by atoms with E-state index in [-0.39, 0.29) is 18.2 Å². The maximum atomic E-state index is 11.4. The molecule has 0 aromatic carbocycles. The highest BCUT2D eigenvalue weighted by Crippen LogP contribution is 2.04. The van der Waals surface area contributed by atoms with Crippen molar-refractivity contribution >= 4 is 5.91 Å². The van der Waals surface area contributed by atoms with Crippen LogP contribution < -0.4 is 5.32 Å². The van der Waals surface area contributed by atoms with Crippen molar-refractivity contribution in [1.29, 1.82) is 0 Å². The third kappa shape index (κ3) is 4.20. The third-order valence-electron chi connectivity index (χ3n) is 1.99. The number of rotatable bonds is 5. The summed E-state index contributed by atoms with van der Waals surface area (Å²) in [6, 6.07) is 0. The first-order chi connectivity index (χ1) is 7.24. The number of amides is 1. The number of ether oxygens (including phenoxy) is 2. The van der Waals surface area contributed by atoms with Gasteiger partial charge in [-0.3, -0.25) is 4.79 Å². The third-order valence-corrected chi connectivity index (χ3v) is 1.99. The Balaban J connectivity index is 2.26. The van der Waals surface area contributed by atoms with E-state index in [4.69, 9.17) is 9.47 Å². The van der Waals surface area contributed by atoms with Crippen molar-refractivity contribution < 1.29 is 19.4 Å². The standard InChI is InChI=1S/C10H17NO4/c1-2-3-8(12)6-11-10(13)9-7-14-4-5-15-9/h7-8,12H,2-6H2,1H3,(H,11,13). The molecule has 5 heteroatoms. The van der Waals surface area contributed by atoms with Gasteiger partial charge in [0.25, 0.3) is 5.91 Å². The zero-order valence-electron chi connectivity index (χ0n) is 8.86. The van der Waals surface area contributed by atoms with Gasteiger partial charge in [-0.2, -0.15) is 0 Å². The number of aliphatic hydroxyl groups is 1. The summed E-state index contributed by atoms with van der Waals surface area (Å²) < 4.78 is 10.0. The van der Waals surface area contributed by atoms with Gasteiger partial charge in [0.1, 0.15) is 19.5 Å². The van der Waals surface area contributed by atoms with Crippen molar-refractivity contribution in [3.63, 3.8) is 0 Å². The van der Waals surface area contributed by atoms with Gasteiger partial charge in [-0.1, -0.05) is 13.3 Å². The molecule has 0 aliphatic carbocycles. The first kappa shape index (κ1) is 11.8. The Morgan fingerprint density at radius 1 is 1.67 bits per heavy atom. The lowest BCUT2D eigenvalue weighted by Crippen LogP contribution is -2.34. The summed E-state index contributed by atoms with van der Waals surface area (Å²) in [4.78, 5) is 11.4. The molecular weight excluding hydrogens is 198 g/mol. The van der Waals surface area contributed by atoms with E-state index in [1.807, 2.05) is 6.92 Å². The molecule has 0 saturated carbocycles. The molecule has 5 nitrogen and oxygen atoms in total. The van der Waals surface area contributed by atoms with E-state index in [1.54, 1.807) is 0 Å². The number of carbonyl (C=O) groups excluding carboxylic acids is 1. The summed E-state index contributed by atoms with van der Waals surface area (Å²) in [6.07, 6.45) is 2.37. The van der Waals surface area contributed by atoms with Crippen LogP contribution in [-0.4, -0.2) is 36.9 Å². The first-order valence-electron chi connectivity index (χ1n) is 5.15. The summed E-state index contributed by atoms with van der Waals surface area (Å²) in [6.45, 7) is 3.07. The van der Waals surface area contributed by atoms with Crippen LogP contribution >= 0.6 is 0 Å². The topological polar surface area (TPSA) is 67.8 Å². The Kier molecular flexibility index (Phi) is 4.97. The number of carbonyl (C=O) groups is 1. The molecule has 86 valence electrons. The Morgan fingerprint density at radius 3 is 3.07 bits per heavy atom. The van der Waals surface area contributed by atoms with Crippen molar-refractivity contribution in [3.05, 3.63) is 12.0 Å². The number of nitrogens with one attached hydrogen (secondary N) is 1. The van der Waals surface area contributed by atoms with E-state index >= 15 is 0 Å².